The van der Waals surface area contributed by atoms with Crippen molar-refractivity contribution >= 4 is 33.9 Å². The van der Waals surface area contributed by atoms with Crippen LogP contribution in [0.5, 0.6) is 0 Å². The van der Waals surface area contributed by atoms with Gasteiger partial charge < -0.3 is 25.4 Å². The zero-order valence-corrected chi connectivity index (χ0v) is 20.9. The molecule has 0 spiro atoms. The van der Waals surface area contributed by atoms with E-state index in [0.717, 1.165) is 62.3 Å². The molecule has 5 rings (SSSR count). The van der Waals surface area contributed by atoms with Crippen LogP contribution in [0.25, 0.3) is 10.8 Å². The maximum absolute atomic E-state index is 12.7. The van der Waals surface area contributed by atoms with Crippen LogP contribution in [0.2, 0.25) is 0 Å². The summed E-state index contributed by atoms with van der Waals surface area (Å²) >= 11 is 0. The number of aromatic amines is 1. The Kier molecular flexibility index (Phi) is 7.25. The monoisotopic (exact) mass is 483 g/mol. The molecule has 4 heterocycles. The molecule has 0 amide bonds. The highest BCUT2D eigenvalue weighted by Gasteiger charge is 2.15. The molecule has 8 nitrogen and oxygen atoms in total. The number of anilines is 4. The number of piperazine rings is 1. The zero-order valence-electron chi connectivity index (χ0n) is 20.9. The number of nitrogens with one attached hydrogen (secondary N) is 3. The first-order valence-corrected chi connectivity index (χ1v) is 12.6. The Balaban J connectivity index is 1.31. The summed E-state index contributed by atoms with van der Waals surface area (Å²) in [6.45, 7) is 11.0. The van der Waals surface area contributed by atoms with Gasteiger partial charge in [-0.25, -0.2) is 9.97 Å². The Labute approximate surface area is 211 Å². The minimum atomic E-state index is -0.178. The van der Waals surface area contributed by atoms with Crippen LogP contribution in [-0.4, -0.2) is 64.0 Å². The number of aromatic nitrogens is 3. The van der Waals surface area contributed by atoms with Crippen molar-refractivity contribution in [1.82, 2.24) is 24.8 Å². The van der Waals surface area contributed by atoms with Crippen LogP contribution in [0.3, 0.4) is 0 Å². The van der Waals surface area contributed by atoms with Crippen molar-refractivity contribution in [2.45, 2.75) is 20.3 Å². The zero-order chi connectivity index (χ0) is 24.9. The van der Waals surface area contributed by atoms with Crippen LogP contribution in [0, 0.1) is 6.92 Å². The third-order valence-corrected chi connectivity index (χ3v) is 6.77. The molecule has 1 aliphatic heterocycles. The van der Waals surface area contributed by atoms with E-state index in [0.29, 0.717) is 22.8 Å². The number of H-pyrrole nitrogens is 1. The molecule has 0 unspecified atom stereocenters. The number of benzene rings is 1. The van der Waals surface area contributed by atoms with E-state index >= 15 is 0 Å². The third kappa shape index (κ3) is 5.72. The van der Waals surface area contributed by atoms with Gasteiger partial charge in [0.25, 0.3) is 5.56 Å². The molecule has 0 aliphatic carbocycles. The molecule has 186 valence electrons. The van der Waals surface area contributed by atoms with E-state index in [1.54, 1.807) is 12.4 Å². The molecule has 1 fully saturated rings. The minimum Gasteiger partial charge on any atom is -0.339 e. The van der Waals surface area contributed by atoms with Gasteiger partial charge in [-0.1, -0.05) is 25.1 Å². The summed E-state index contributed by atoms with van der Waals surface area (Å²) in [6, 6.07) is 16.0. The van der Waals surface area contributed by atoms with Crippen molar-refractivity contribution in [3.05, 3.63) is 82.4 Å². The fourth-order valence-electron chi connectivity index (χ4n) is 4.55. The first-order valence-electron chi connectivity index (χ1n) is 12.6. The number of hydrogen-bond acceptors (Lipinski definition) is 7. The van der Waals surface area contributed by atoms with E-state index in [-0.39, 0.29) is 5.56 Å². The summed E-state index contributed by atoms with van der Waals surface area (Å²) in [5, 5.41) is 7.93. The maximum Gasteiger partial charge on any atom is 0.259 e. The van der Waals surface area contributed by atoms with E-state index in [2.05, 4.69) is 61.6 Å². The van der Waals surface area contributed by atoms with Crippen molar-refractivity contribution in [2.24, 2.45) is 0 Å². The molecule has 0 radical (unpaired) electrons. The molecule has 1 aromatic carbocycles. The van der Waals surface area contributed by atoms with Gasteiger partial charge in [0.15, 0.2) is 0 Å². The summed E-state index contributed by atoms with van der Waals surface area (Å²) in [4.78, 5) is 29.6. The number of pyridine rings is 3. The van der Waals surface area contributed by atoms with E-state index in [9.17, 15) is 4.79 Å². The fraction of sp³-hybridized carbons (Fsp3) is 0.321. The van der Waals surface area contributed by atoms with Gasteiger partial charge in [-0.3, -0.25) is 4.79 Å². The molecular formula is C28H33N7O. The highest BCUT2D eigenvalue weighted by molar-refractivity contribution is 5.94. The second kappa shape index (κ2) is 10.9. The van der Waals surface area contributed by atoms with Crippen LogP contribution in [0.15, 0.2) is 65.7 Å². The SMILES string of the molecule is CCN1CCN(CCc2ccc(Nc3nc(Nc4ccc(C)cn4)cc4cc[nH]c(=O)c34)cc2)CC1. The second-order valence-corrected chi connectivity index (χ2v) is 9.32. The molecule has 3 aromatic heterocycles. The van der Waals surface area contributed by atoms with Crippen LogP contribution in [-0.2, 0) is 6.42 Å². The predicted octanol–water partition coefficient (Wildman–Crippen LogP) is 4.29. The molecule has 8 heteroatoms. The summed E-state index contributed by atoms with van der Waals surface area (Å²) < 4.78 is 0. The molecule has 0 saturated carbocycles. The fourth-order valence-corrected chi connectivity index (χ4v) is 4.55. The third-order valence-electron chi connectivity index (χ3n) is 6.77. The van der Waals surface area contributed by atoms with Crippen LogP contribution < -0.4 is 16.2 Å². The lowest BCUT2D eigenvalue weighted by atomic mass is 10.1. The first-order chi connectivity index (χ1) is 17.6. The van der Waals surface area contributed by atoms with E-state index in [1.807, 2.05) is 31.2 Å². The van der Waals surface area contributed by atoms with Gasteiger partial charge >= 0.3 is 0 Å². The largest absolute Gasteiger partial charge is 0.339 e. The van der Waals surface area contributed by atoms with Crippen LogP contribution in [0.4, 0.5) is 23.1 Å². The topological polar surface area (TPSA) is 89.2 Å². The lowest BCUT2D eigenvalue weighted by Gasteiger charge is -2.34. The number of rotatable bonds is 8. The highest BCUT2D eigenvalue weighted by Crippen LogP contribution is 2.26. The lowest BCUT2D eigenvalue weighted by molar-refractivity contribution is 0.138. The number of aryl methyl sites for hydroxylation is 1. The van der Waals surface area contributed by atoms with Crippen LogP contribution >= 0.6 is 0 Å². The molecule has 0 atom stereocenters. The Bertz CT molecular complexity index is 1360. The van der Waals surface area contributed by atoms with Gasteiger partial charge in [-0.05, 0) is 66.7 Å². The number of likely N-dealkylation sites (N-methyl/N-ethyl adjacent to an activating group) is 1. The van der Waals surface area contributed by atoms with Gasteiger partial charge in [-0.15, -0.1) is 0 Å². The van der Waals surface area contributed by atoms with Crippen molar-refractivity contribution < 1.29 is 0 Å². The summed E-state index contributed by atoms with van der Waals surface area (Å²) in [5.41, 5.74) is 3.10. The van der Waals surface area contributed by atoms with Crippen molar-refractivity contribution in [3.8, 4) is 0 Å². The van der Waals surface area contributed by atoms with Gasteiger partial charge in [0, 0.05) is 50.8 Å². The molecule has 36 heavy (non-hydrogen) atoms. The number of fused-ring (bicyclic) bond motifs is 1. The van der Waals surface area contributed by atoms with Gasteiger partial charge in [-0.2, -0.15) is 0 Å². The Hall–Kier alpha value is -3.75. The highest BCUT2D eigenvalue weighted by atomic mass is 16.1. The summed E-state index contributed by atoms with van der Waals surface area (Å²) in [7, 11) is 0. The Morgan fingerprint density at radius 2 is 1.72 bits per heavy atom. The molecule has 1 saturated heterocycles. The second-order valence-electron chi connectivity index (χ2n) is 9.32. The quantitative estimate of drug-likeness (QED) is 0.344. The number of hydrogen-bond donors (Lipinski definition) is 3. The first kappa shape index (κ1) is 24.0. The normalized spacial score (nSPS) is 14.7. The maximum atomic E-state index is 12.7. The predicted molar refractivity (Wildman–Crippen MR) is 147 cm³/mol. The summed E-state index contributed by atoms with van der Waals surface area (Å²) in [6.07, 6.45) is 4.48. The van der Waals surface area contributed by atoms with Crippen molar-refractivity contribution in [2.75, 3.05) is 49.9 Å². The van der Waals surface area contributed by atoms with Gasteiger partial charge in [0.05, 0.1) is 5.39 Å². The van der Waals surface area contributed by atoms with Gasteiger partial charge in [0.2, 0.25) is 0 Å². The van der Waals surface area contributed by atoms with Gasteiger partial charge in [0.1, 0.15) is 17.5 Å². The van der Waals surface area contributed by atoms with Crippen molar-refractivity contribution in [3.63, 3.8) is 0 Å². The molecular weight excluding hydrogens is 450 g/mol. The summed E-state index contributed by atoms with van der Waals surface area (Å²) in [5.74, 6) is 1.82. The average molecular weight is 484 g/mol. The van der Waals surface area contributed by atoms with E-state index < -0.39 is 0 Å². The molecule has 3 N–H and O–H groups in total. The number of nitrogens with zero attached hydrogens (tertiary/aromatic N) is 4. The smallest absolute Gasteiger partial charge is 0.259 e. The lowest BCUT2D eigenvalue weighted by Crippen LogP contribution is -2.46. The Morgan fingerprint density at radius 1 is 0.944 bits per heavy atom. The van der Waals surface area contributed by atoms with E-state index in [1.165, 1.54) is 5.56 Å². The van der Waals surface area contributed by atoms with Crippen molar-refractivity contribution in [1.29, 1.82) is 0 Å². The molecule has 1 aliphatic rings. The Morgan fingerprint density at radius 3 is 2.44 bits per heavy atom. The molecule has 0 bridgehead atoms. The standard InChI is InChI=1S/C28H33N7O/c1-3-34-14-16-35(17-15-34)13-11-21-5-7-23(8-6-21)31-27-26-22(10-12-29-28(26)36)18-25(33-27)32-24-9-4-20(2)19-30-24/h4-10,12,18-19H,3,11,13-17H2,1-2H3,(H,29,36)(H2,30,31,32,33). The molecule has 4 aromatic rings. The van der Waals surface area contributed by atoms with E-state index in [4.69, 9.17) is 4.98 Å². The average Bonchev–Trinajstić information content (AvgIpc) is 2.90. The minimum absolute atomic E-state index is 0.178. The van der Waals surface area contributed by atoms with Crippen LogP contribution in [0.1, 0.15) is 18.1 Å².